The van der Waals surface area contributed by atoms with E-state index >= 15 is 0 Å². The zero-order valence-corrected chi connectivity index (χ0v) is 11.3. The van der Waals surface area contributed by atoms with E-state index in [9.17, 15) is 0 Å². The van der Waals surface area contributed by atoms with E-state index in [-0.39, 0.29) is 0 Å². The van der Waals surface area contributed by atoms with Crippen molar-refractivity contribution in [2.75, 3.05) is 0 Å². The van der Waals surface area contributed by atoms with Crippen molar-refractivity contribution in [3.63, 3.8) is 0 Å². The number of hydrogen-bond donors (Lipinski definition) is 1. The van der Waals surface area contributed by atoms with Gasteiger partial charge in [0, 0.05) is 17.1 Å². The summed E-state index contributed by atoms with van der Waals surface area (Å²) in [6, 6.07) is 8.83. The van der Waals surface area contributed by atoms with E-state index < -0.39 is 0 Å². The fourth-order valence-corrected chi connectivity index (χ4v) is 2.15. The third-order valence-corrected chi connectivity index (χ3v) is 3.36. The van der Waals surface area contributed by atoms with E-state index in [1.807, 2.05) is 0 Å². The minimum atomic E-state index is 0.290. The van der Waals surface area contributed by atoms with Crippen LogP contribution in [0.4, 0.5) is 0 Å². The Morgan fingerprint density at radius 3 is 2.81 bits per heavy atom. The zero-order chi connectivity index (χ0) is 12.0. The van der Waals surface area contributed by atoms with Gasteiger partial charge in [0.1, 0.15) is 0 Å². The second-order valence-corrected chi connectivity index (χ2v) is 4.80. The molecule has 1 rings (SSSR count). The summed E-state index contributed by atoms with van der Waals surface area (Å²) in [7, 11) is 0. The minimum absolute atomic E-state index is 0.290. The molecule has 0 aromatic heterocycles. The van der Waals surface area contributed by atoms with Crippen LogP contribution in [-0.4, -0.2) is 6.04 Å². The Labute approximate surface area is 106 Å². The van der Waals surface area contributed by atoms with Gasteiger partial charge in [0.05, 0.1) is 12.5 Å². The molecular weight excluding hydrogens is 264 g/mol. The van der Waals surface area contributed by atoms with Gasteiger partial charge in [0.2, 0.25) is 0 Å². The van der Waals surface area contributed by atoms with Crippen LogP contribution in [0.25, 0.3) is 0 Å². The fraction of sp³-hybridized carbons (Fsp3) is 0.462. The van der Waals surface area contributed by atoms with Crippen molar-refractivity contribution in [2.45, 2.75) is 39.3 Å². The normalized spacial score (nSPS) is 12.1. The molecule has 16 heavy (non-hydrogen) atoms. The maximum atomic E-state index is 8.66. The number of halogens is 1. The molecule has 0 aliphatic carbocycles. The first-order valence-electron chi connectivity index (χ1n) is 5.52. The summed E-state index contributed by atoms with van der Waals surface area (Å²) in [5.41, 5.74) is 2.49. The topological polar surface area (TPSA) is 35.8 Å². The van der Waals surface area contributed by atoms with Gasteiger partial charge in [-0.3, -0.25) is 0 Å². The molecule has 0 spiro atoms. The van der Waals surface area contributed by atoms with Gasteiger partial charge in [0.25, 0.3) is 0 Å². The Balaban J connectivity index is 2.57. The molecular formula is C13H17BrN2. The van der Waals surface area contributed by atoms with Crippen molar-refractivity contribution in [1.29, 1.82) is 5.26 Å². The summed E-state index contributed by atoms with van der Waals surface area (Å²) < 4.78 is 1.13. The smallest absolute Gasteiger partial charge is 0.0638 e. The Hall–Kier alpha value is -0.850. The van der Waals surface area contributed by atoms with Gasteiger partial charge in [-0.05, 0) is 30.5 Å². The third kappa shape index (κ3) is 3.96. The van der Waals surface area contributed by atoms with Crippen molar-refractivity contribution >= 4 is 15.9 Å². The monoisotopic (exact) mass is 280 g/mol. The maximum absolute atomic E-state index is 8.66. The molecule has 1 atom stereocenters. The fourth-order valence-electron chi connectivity index (χ4n) is 1.52. The molecule has 0 bridgehead atoms. The molecule has 1 unspecified atom stereocenters. The number of hydrogen-bond acceptors (Lipinski definition) is 2. The van der Waals surface area contributed by atoms with E-state index in [0.717, 1.165) is 17.4 Å². The molecule has 0 heterocycles. The largest absolute Gasteiger partial charge is 0.309 e. The Morgan fingerprint density at radius 2 is 2.25 bits per heavy atom. The number of aryl methyl sites for hydroxylation is 1. The van der Waals surface area contributed by atoms with Crippen molar-refractivity contribution < 1.29 is 0 Å². The lowest BCUT2D eigenvalue weighted by Crippen LogP contribution is -2.27. The maximum Gasteiger partial charge on any atom is 0.0638 e. The number of nitrogens with one attached hydrogen (secondary N) is 1. The highest BCUT2D eigenvalue weighted by Gasteiger charge is 2.06. The molecule has 1 aromatic carbocycles. The summed E-state index contributed by atoms with van der Waals surface area (Å²) >= 11 is 3.55. The highest BCUT2D eigenvalue weighted by Crippen LogP contribution is 2.18. The molecule has 1 aromatic rings. The molecule has 1 N–H and O–H groups in total. The van der Waals surface area contributed by atoms with Crippen molar-refractivity contribution in [3.05, 3.63) is 33.8 Å². The first kappa shape index (κ1) is 13.2. The van der Waals surface area contributed by atoms with E-state index in [1.54, 1.807) is 0 Å². The van der Waals surface area contributed by atoms with Gasteiger partial charge < -0.3 is 5.32 Å². The number of rotatable bonds is 5. The summed E-state index contributed by atoms with van der Waals surface area (Å²) in [6.45, 7) is 4.98. The van der Waals surface area contributed by atoms with Crippen molar-refractivity contribution in [1.82, 2.24) is 5.32 Å². The SMILES string of the molecule is CCC(CC#N)NCc1ccc(C)cc1Br. The standard InChI is InChI=1S/C13H17BrN2/c1-3-12(6-7-15)16-9-11-5-4-10(2)8-13(11)14/h4-5,8,12,16H,3,6,9H2,1-2H3. The third-order valence-electron chi connectivity index (χ3n) is 2.62. The molecule has 0 saturated heterocycles. The molecule has 86 valence electrons. The number of nitriles is 1. The summed E-state index contributed by atoms with van der Waals surface area (Å²) in [5, 5.41) is 12.1. The molecule has 0 amide bonds. The van der Waals surface area contributed by atoms with Gasteiger partial charge in [-0.1, -0.05) is 35.0 Å². The molecule has 0 aliphatic heterocycles. The van der Waals surface area contributed by atoms with E-state index in [1.165, 1.54) is 11.1 Å². The molecule has 0 saturated carbocycles. The molecule has 0 fully saturated rings. The van der Waals surface area contributed by atoms with Crippen LogP contribution < -0.4 is 5.32 Å². The van der Waals surface area contributed by atoms with Crippen LogP contribution in [0.5, 0.6) is 0 Å². The zero-order valence-electron chi connectivity index (χ0n) is 9.76. The number of nitrogens with zero attached hydrogens (tertiary/aromatic N) is 1. The average Bonchev–Trinajstić information content (AvgIpc) is 2.26. The Kier molecular flexibility index (Phi) is 5.51. The van der Waals surface area contributed by atoms with Crippen molar-refractivity contribution in [3.8, 4) is 6.07 Å². The van der Waals surface area contributed by atoms with Crippen molar-refractivity contribution in [2.24, 2.45) is 0 Å². The van der Waals surface area contributed by atoms with Gasteiger partial charge in [0.15, 0.2) is 0 Å². The predicted molar refractivity (Wildman–Crippen MR) is 70.0 cm³/mol. The van der Waals surface area contributed by atoms with Crippen LogP contribution in [0.3, 0.4) is 0 Å². The van der Waals surface area contributed by atoms with Crippen LogP contribution in [0.1, 0.15) is 30.9 Å². The van der Waals surface area contributed by atoms with Crippen LogP contribution in [0.15, 0.2) is 22.7 Å². The van der Waals surface area contributed by atoms with E-state index in [0.29, 0.717) is 12.5 Å². The molecule has 0 aliphatic rings. The predicted octanol–water partition coefficient (Wildman–Crippen LogP) is 3.54. The van der Waals surface area contributed by atoms with Crippen LogP contribution >= 0.6 is 15.9 Å². The second kappa shape index (κ2) is 6.67. The highest BCUT2D eigenvalue weighted by atomic mass is 79.9. The Bertz CT molecular complexity index is 382. The molecule has 2 nitrogen and oxygen atoms in total. The van der Waals surface area contributed by atoms with Gasteiger partial charge >= 0.3 is 0 Å². The van der Waals surface area contributed by atoms with Gasteiger partial charge in [-0.2, -0.15) is 5.26 Å². The molecule has 3 heteroatoms. The first-order valence-corrected chi connectivity index (χ1v) is 6.32. The van der Waals surface area contributed by atoms with Gasteiger partial charge in [-0.15, -0.1) is 0 Å². The summed E-state index contributed by atoms with van der Waals surface area (Å²) in [5.74, 6) is 0. The second-order valence-electron chi connectivity index (χ2n) is 3.94. The quantitative estimate of drug-likeness (QED) is 0.896. The first-order chi connectivity index (χ1) is 7.67. The minimum Gasteiger partial charge on any atom is -0.309 e. The number of benzene rings is 1. The lowest BCUT2D eigenvalue weighted by Gasteiger charge is -2.14. The Morgan fingerprint density at radius 1 is 1.50 bits per heavy atom. The van der Waals surface area contributed by atoms with E-state index in [4.69, 9.17) is 5.26 Å². The summed E-state index contributed by atoms with van der Waals surface area (Å²) in [6.07, 6.45) is 1.55. The van der Waals surface area contributed by atoms with Crippen LogP contribution in [0, 0.1) is 18.3 Å². The van der Waals surface area contributed by atoms with Gasteiger partial charge in [-0.25, -0.2) is 0 Å². The van der Waals surface area contributed by atoms with Crippen LogP contribution in [0.2, 0.25) is 0 Å². The molecule has 0 radical (unpaired) electrons. The summed E-state index contributed by atoms with van der Waals surface area (Å²) in [4.78, 5) is 0. The lowest BCUT2D eigenvalue weighted by atomic mass is 10.1. The lowest BCUT2D eigenvalue weighted by molar-refractivity contribution is 0.504. The van der Waals surface area contributed by atoms with Crippen LogP contribution in [-0.2, 0) is 6.54 Å². The average molecular weight is 281 g/mol. The van der Waals surface area contributed by atoms with E-state index in [2.05, 4.69) is 59.4 Å². The highest BCUT2D eigenvalue weighted by molar-refractivity contribution is 9.10.